The van der Waals surface area contributed by atoms with Gasteiger partial charge in [0.1, 0.15) is 18.1 Å². The molecule has 0 bridgehead atoms. The lowest BCUT2D eigenvalue weighted by molar-refractivity contribution is 0.0619. The smallest absolute Gasteiger partial charge is 0.274 e. The topological polar surface area (TPSA) is 91.5 Å². The van der Waals surface area contributed by atoms with Crippen LogP contribution in [0.25, 0.3) is 0 Å². The highest BCUT2D eigenvalue weighted by Crippen LogP contribution is 2.12. The zero-order valence-electron chi connectivity index (χ0n) is 18.3. The van der Waals surface area contributed by atoms with Gasteiger partial charge in [0.25, 0.3) is 11.5 Å². The Morgan fingerprint density at radius 2 is 1.70 bits per heavy atom. The van der Waals surface area contributed by atoms with Gasteiger partial charge in [0.2, 0.25) is 0 Å². The van der Waals surface area contributed by atoms with E-state index in [1.807, 2.05) is 54.6 Å². The van der Waals surface area contributed by atoms with Gasteiger partial charge in [0.05, 0.1) is 18.2 Å². The number of piperazine rings is 1. The molecule has 0 spiro atoms. The molecule has 1 aromatic heterocycles. The Labute approximate surface area is 192 Å². The maximum Gasteiger partial charge on any atom is 0.274 e. The van der Waals surface area contributed by atoms with Crippen molar-refractivity contribution in [2.45, 2.75) is 13.1 Å². The van der Waals surface area contributed by atoms with Gasteiger partial charge >= 0.3 is 0 Å². The van der Waals surface area contributed by atoms with E-state index in [4.69, 9.17) is 10.00 Å². The molecule has 1 amide bonds. The van der Waals surface area contributed by atoms with Crippen molar-refractivity contribution >= 4 is 5.91 Å². The van der Waals surface area contributed by atoms with Crippen molar-refractivity contribution in [3.8, 4) is 11.8 Å². The van der Waals surface area contributed by atoms with E-state index in [0.717, 1.165) is 30.9 Å². The number of hydrogen-bond acceptors (Lipinski definition) is 6. The number of hydrogen-bond donors (Lipinski definition) is 0. The van der Waals surface area contributed by atoms with Crippen molar-refractivity contribution in [2.24, 2.45) is 0 Å². The zero-order valence-corrected chi connectivity index (χ0v) is 18.3. The van der Waals surface area contributed by atoms with Crippen LogP contribution in [0.1, 0.15) is 21.6 Å². The molecule has 8 heteroatoms. The third-order valence-corrected chi connectivity index (χ3v) is 5.55. The molecule has 1 aliphatic rings. The third-order valence-electron chi connectivity index (χ3n) is 5.55. The number of rotatable bonds is 7. The SMILES string of the molecule is N#Cc1ccc(CN2CCN(C(=O)c3ccc(=O)n(CCOc4ccccc4)n3)CC2)cc1. The van der Waals surface area contributed by atoms with Crippen molar-refractivity contribution < 1.29 is 9.53 Å². The highest BCUT2D eigenvalue weighted by atomic mass is 16.5. The quantitative estimate of drug-likeness (QED) is 0.556. The van der Waals surface area contributed by atoms with Gasteiger partial charge in [0, 0.05) is 38.8 Å². The molecule has 0 atom stereocenters. The van der Waals surface area contributed by atoms with E-state index in [2.05, 4.69) is 16.1 Å². The van der Waals surface area contributed by atoms with E-state index in [-0.39, 0.29) is 30.3 Å². The first kappa shape index (κ1) is 22.2. The third kappa shape index (κ3) is 5.84. The fourth-order valence-corrected chi connectivity index (χ4v) is 3.70. The molecule has 0 saturated carbocycles. The second-order valence-corrected chi connectivity index (χ2v) is 7.82. The first-order valence-electron chi connectivity index (χ1n) is 10.9. The van der Waals surface area contributed by atoms with Crippen LogP contribution in [0.2, 0.25) is 0 Å². The number of nitriles is 1. The Bertz CT molecular complexity index is 1180. The lowest BCUT2D eigenvalue weighted by Crippen LogP contribution is -2.48. The average molecular weight is 444 g/mol. The fraction of sp³-hybridized carbons (Fsp3) is 0.280. The van der Waals surface area contributed by atoms with Crippen LogP contribution in [0.3, 0.4) is 0 Å². The summed E-state index contributed by atoms with van der Waals surface area (Å²) in [5.41, 5.74) is 1.78. The summed E-state index contributed by atoms with van der Waals surface area (Å²) < 4.78 is 6.91. The largest absolute Gasteiger partial charge is 0.492 e. The predicted octanol–water partition coefficient (Wildman–Crippen LogP) is 2.15. The Balaban J connectivity index is 1.31. The lowest BCUT2D eigenvalue weighted by atomic mass is 10.1. The first-order valence-corrected chi connectivity index (χ1v) is 10.9. The molecule has 2 aromatic carbocycles. The lowest BCUT2D eigenvalue weighted by Gasteiger charge is -2.34. The molecule has 1 aliphatic heterocycles. The van der Waals surface area contributed by atoms with Crippen LogP contribution in [0.5, 0.6) is 5.75 Å². The molecule has 2 heterocycles. The van der Waals surface area contributed by atoms with Crippen molar-refractivity contribution in [1.82, 2.24) is 19.6 Å². The van der Waals surface area contributed by atoms with Gasteiger partial charge in [-0.2, -0.15) is 10.4 Å². The molecule has 1 saturated heterocycles. The summed E-state index contributed by atoms with van der Waals surface area (Å²) in [6.07, 6.45) is 0. The second kappa shape index (κ2) is 10.6. The molecule has 0 N–H and O–H groups in total. The van der Waals surface area contributed by atoms with E-state index < -0.39 is 0 Å². The second-order valence-electron chi connectivity index (χ2n) is 7.82. The van der Waals surface area contributed by atoms with Crippen LogP contribution in [-0.2, 0) is 13.1 Å². The average Bonchev–Trinajstić information content (AvgIpc) is 2.86. The Kier molecular flexibility index (Phi) is 7.12. The molecule has 1 fully saturated rings. The molecule has 0 aliphatic carbocycles. The van der Waals surface area contributed by atoms with Crippen LogP contribution in [0.4, 0.5) is 0 Å². The summed E-state index contributed by atoms with van der Waals surface area (Å²) in [6.45, 7) is 3.99. The maximum atomic E-state index is 13.0. The van der Waals surface area contributed by atoms with Crippen LogP contribution in [0.15, 0.2) is 71.5 Å². The number of nitrogens with zero attached hydrogens (tertiary/aromatic N) is 5. The van der Waals surface area contributed by atoms with E-state index in [1.54, 1.807) is 4.90 Å². The molecular formula is C25H25N5O3. The summed E-state index contributed by atoms with van der Waals surface area (Å²) >= 11 is 0. The van der Waals surface area contributed by atoms with E-state index in [1.165, 1.54) is 16.8 Å². The van der Waals surface area contributed by atoms with Gasteiger partial charge in [-0.15, -0.1) is 0 Å². The number of amides is 1. The van der Waals surface area contributed by atoms with E-state index in [0.29, 0.717) is 18.7 Å². The van der Waals surface area contributed by atoms with Gasteiger partial charge in [-0.25, -0.2) is 4.68 Å². The maximum absolute atomic E-state index is 13.0. The number of benzene rings is 2. The minimum Gasteiger partial charge on any atom is -0.492 e. The van der Waals surface area contributed by atoms with Gasteiger partial charge < -0.3 is 9.64 Å². The minimum absolute atomic E-state index is 0.175. The highest BCUT2D eigenvalue weighted by Gasteiger charge is 2.23. The normalized spacial score (nSPS) is 14.0. The fourth-order valence-electron chi connectivity index (χ4n) is 3.70. The number of ether oxygens (including phenoxy) is 1. The number of aromatic nitrogens is 2. The molecule has 33 heavy (non-hydrogen) atoms. The number of carbonyl (C=O) groups excluding carboxylic acids is 1. The Hall–Kier alpha value is -3.96. The first-order chi connectivity index (χ1) is 16.1. The highest BCUT2D eigenvalue weighted by molar-refractivity contribution is 5.92. The van der Waals surface area contributed by atoms with Crippen molar-refractivity contribution in [2.75, 3.05) is 32.8 Å². The zero-order chi connectivity index (χ0) is 23.0. The molecule has 3 aromatic rings. The van der Waals surface area contributed by atoms with Crippen LogP contribution >= 0.6 is 0 Å². The van der Waals surface area contributed by atoms with Crippen LogP contribution in [0, 0.1) is 11.3 Å². The van der Waals surface area contributed by atoms with Crippen LogP contribution < -0.4 is 10.3 Å². The number of para-hydroxylation sites is 1. The van der Waals surface area contributed by atoms with Crippen molar-refractivity contribution in [1.29, 1.82) is 5.26 Å². The van der Waals surface area contributed by atoms with Crippen LogP contribution in [-0.4, -0.2) is 58.3 Å². The van der Waals surface area contributed by atoms with E-state index in [9.17, 15) is 9.59 Å². The molecule has 8 nitrogen and oxygen atoms in total. The summed E-state index contributed by atoms with van der Waals surface area (Å²) in [5, 5.41) is 13.2. The van der Waals surface area contributed by atoms with Crippen molar-refractivity contribution in [3.05, 3.63) is 93.9 Å². The summed E-state index contributed by atoms with van der Waals surface area (Å²) in [4.78, 5) is 29.2. The predicted molar refractivity (Wildman–Crippen MR) is 123 cm³/mol. The van der Waals surface area contributed by atoms with E-state index >= 15 is 0 Å². The Morgan fingerprint density at radius 1 is 0.970 bits per heavy atom. The van der Waals surface area contributed by atoms with Crippen molar-refractivity contribution in [3.63, 3.8) is 0 Å². The van der Waals surface area contributed by atoms with Gasteiger partial charge in [-0.3, -0.25) is 14.5 Å². The molecule has 0 unspecified atom stereocenters. The number of carbonyl (C=O) groups is 1. The van der Waals surface area contributed by atoms with Gasteiger partial charge in [0.15, 0.2) is 0 Å². The monoisotopic (exact) mass is 443 g/mol. The van der Waals surface area contributed by atoms with Gasteiger partial charge in [-0.05, 0) is 35.9 Å². The molecular weight excluding hydrogens is 418 g/mol. The summed E-state index contributed by atoms with van der Waals surface area (Å²) in [5.74, 6) is 0.544. The molecule has 0 radical (unpaired) electrons. The van der Waals surface area contributed by atoms with Gasteiger partial charge in [-0.1, -0.05) is 30.3 Å². The standard InChI is InChI=1S/C25H25N5O3/c26-18-20-6-8-21(9-7-20)19-28-12-14-29(15-13-28)25(32)23-10-11-24(31)30(27-23)16-17-33-22-4-2-1-3-5-22/h1-11H,12-17,19H2. The summed E-state index contributed by atoms with van der Waals surface area (Å²) in [7, 11) is 0. The summed E-state index contributed by atoms with van der Waals surface area (Å²) in [6, 6.07) is 21.9. The Morgan fingerprint density at radius 3 is 2.39 bits per heavy atom. The molecule has 4 rings (SSSR count). The molecule has 168 valence electrons. The minimum atomic E-state index is -0.268.